The molecular weight excluding hydrogens is 220 g/mol. The summed E-state index contributed by atoms with van der Waals surface area (Å²) in [6.45, 7) is 2.15. The second-order valence-electron chi connectivity index (χ2n) is 5.76. The van der Waals surface area contributed by atoms with E-state index in [9.17, 15) is 0 Å². The van der Waals surface area contributed by atoms with Crippen LogP contribution < -0.4 is 5.32 Å². The Kier molecular flexibility index (Phi) is 2.00. The molecule has 1 aromatic carbocycles. The van der Waals surface area contributed by atoms with Gasteiger partial charge in [0.25, 0.3) is 0 Å². The van der Waals surface area contributed by atoms with E-state index in [0.717, 1.165) is 17.4 Å². The summed E-state index contributed by atoms with van der Waals surface area (Å²) in [4.78, 5) is 4.95. The zero-order chi connectivity index (χ0) is 12.3. The molecule has 1 saturated carbocycles. The summed E-state index contributed by atoms with van der Waals surface area (Å²) in [5.74, 6) is 1.48. The Morgan fingerprint density at radius 2 is 2.06 bits per heavy atom. The summed E-state index contributed by atoms with van der Waals surface area (Å²) in [5.41, 5.74) is 6.70. The van der Waals surface area contributed by atoms with E-state index in [4.69, 9.17) is 4.98 Å². The van der Waals surface area contributed by atoms with Gasteiger partial charge in [-0.05, 0) is 44.2 Å². The monoisotopic (exact) mass is 238 g/mol. The Morgan fingerprint density at radius 3 is 2.89 bits per heavy atom. The van der Waals surface area contributed by atoms with Gasteiger partial charge < -0.3 is 5.32 Å². The number of hydrogen-bond acceptors (Lipinski definition) is 2. The molecule has 2 aliphatic carbocycles. The minimum Gasteiger partial charge on any atom is -0.387 e. The van der Waals surface area contributed by atoms with Crippen molar-refractivity contribution < 1.29 is 0 Å². The van der Waals surface area contributed by atoms with Gasteiger partial charge in [0, 0.05) is 35.3 Å². The van der Waals surface area contributed by atoms with Crippen LogP contribution in [0.2, 0.25) is 0 Å². The topological polar surface area (TPSA) is 24.9 Å². The minimum atomic E-state index is 0.725. The molecule has 2 heteroatoms. The molecule has 0 spiro atoms. The van der Waals surface area contributed by atoms with Crippen LogP contribution in [0.25, 0.3) is 10.9 Å². The van der Waals surface area contributed by atoms with Gasteiger partial charge in [0.15, 0.2) is 0 Å². The van der Waals surface area contributed by atoms with Crippen LogP contribution in [0.5, 0.6) is 0 Å². The maximum absolute atomic E-state index is 4.95. The van der Waals surface area contributed by atoms with Gasteiger partial charge in [-0.3, -0.25) is 4.98 Å². The number of pyridine rings is 1. The van der Waals surface area contributed by atoms with Gasteiger partial charge in [0.1, 0.15) is 0 Å². The first-order valence-electron chi connectivity index (χ1n) is 6.90. The molecule has 2 atom stereocenters. The lowest BCUT2D eigenvalue weighted by atomic mass is 9.92. The summed E-state index contributed by atoms with van der Waals surface area (Å²) in [7, 11) is 2.05. The third kappa shape index (κ3) is 1.21. The fourth-order valence-corrected chi connectivity index (χ4v) is 3.90. The standard InChI is InChI=1S/C16H18N2/c1-9-3-6-13-12(7-9)16(17-2)14-10-4-5-11(8-10)15(14)18-13/h3,6-7,10-11H,4-5,8H2,1-2H3,(H,17,18). The minimum absolute atomic E-state index is 0.725. The molecule has 1 heterocycles. The van der Waals surface area contributed by atoms with Gasteiger partial charge in [-0.2, -0.15) is 0 Å². The zero-order valence-electron chi connectivity index (χ0n) is 11.0. The van der Waals surface area contributed by atoms with Crippen molar-refractivity contribution in [2.45, 2.75) is 38.0 Å². The van der Waals surface area contributed by atoms with Gasteiger partial charge in [-0.15, -0.1) is 0 Å². The van der Waals surface area contributed by atoms with Crippen LogP contribution in [0.1, 0.15) is 47.9 Å². The molecule has 2 aliphatic rings. The van der Waals surface area contributed by atoms with E-state index in [-0.39, 0.29) is 0 Å². The van der Waals surface area contributed by atoms with Crippen molar-refractivity contribution in [3.05, 3.63) is 35.0 Å². The largest absolute Gasteiger partial charge is 0.387 e. The van der Waals surface area contributed by atoms with Crippen molar-refractivity contribution in [2.24, 2.45) is 0 Å². The van der Waals surface area contributed by atoms with Crippen molar-refractivity contribution in [1.29, 1.82) is 0 Å². The van der Waals surface area contributed by atoms with E-state index in [1.807, 2.05) is 7.05 Å². The second-order valence-corrected chi connectivity index (χ2v) is 5.76. The number of benzene rings is 1. The molecule has 0 radical (unpaired) electrons. The first-order chi connectivity index (χ1) is 8.78. The molecule has 2 aromatic rings. The molecule has 0 saturated heterocycles. The molecule has 2 nitrogen and oxygen atoms in total. The fourth-order valence-electron chi connectivity index (χ4n) is 3.90. The molecule has 2 unspecified atom stereocenters. The number of aryl methyl sites for hydroxylation is 1. The summed E-state index contributed by atoms with van der Waals surface area (Å²) in [5, 5.41) is 4.74. The number of nitrogens with one attached hydrogen (secondary N) is 1. The maximum atomic E-state index is 4.95. The zero-order valence-corrected chi connectivity index (χ0v) is 11.0. The number of hydrogen-bond donors (Lipinski definition) is 1. The maximum Gasteiger partial charge on any atom is 0.0726 e. The lowest BCUT2D eigenvalue weighted by Crippen LogP contribution is -2.06. The SMILES string of the molecule is CNc1c2c(nc3ccc(C)cc13)C1CCC2C1. The number of aromatic nitrogens is 1. The van der Waals surface area contributed by atoms with Crippen molar-refractivity contribution in [1.82, 2.24) is 4.98 Å². The van der Waals surface area contributed by atoms with Crippen LogP contribution in [0.15, 0.2) is 18.2 Å². The Bertz CT molecular complexity index is 645. The smallest absolute Gasteiger partial charge is 0.0726 e. The molecular formula is C16H18N2. The number of anilines is 1. The molecule has 1 N–H and O–H groups in total. The molecule has 0 aliphatic heterocycles. The van der Waals surface area contributed by atoms with E-state index in [2.05, 4.69) is 30.4 Å². The highest BCUT2D eigenvalue weighted by Crippen LogP contribution is 2.55. The lowest BCUT2D eigenvalue weighted by Gasteiger charge is -2.20. The highest BCUT2D eigenvalue weighted by Gasteiger charge is 2.40. The first kappa shape index (κ1) is 10.4. The molecule has 2 bridgehead atoms. The van der Waals surface area contributed by atoms with Crippen LogP contribution in [-0.2, 0) is 0 Å². The summed E-state index contributed by atoms with van der Waals surface area (Å²) >= 11 is 0. The second kappa shape index (κ2) is 3.47. The molecule has 1 fully saturated rings. The van der Waals surface area contributed by atoms with E-state index in [1.54, 1.807) is 0 Å². The first-order valence-corrected chi connectivity index (χ1v) is 6.90. The number of nitrogens with zero attached hydrogens (tertiary/aromatic N) is 1. The van der Waals surface area contributed by atoms with Crippen LogP contribution >= 0.6 is 0 Å². The van der Waals surface area contributed by atoms with Crippen molar-refractivity contribution >= 4 is 16.6 Å². The predicted octanol–water partition coefficient (Wildman–Crippen LogP) is 3.95. The summed E-state index contributed by atoms with van der Waals surface area (Å²) in [6, 6.07) is 6.59. The summed E-state index contributed by atoms with van der Waals surface area (Å²) < 4.78 is 0. The molecule has 0 amide bonds. The molecule has 1 aromatic heterocycles. The van der Waals surface area contributed by atoms with Gasteiger partial charge in [0.05, 0.1) is 5.52 Å². The van der Waals surface area contributed by atoms with Gasteiger partial charge in [0.2, 0.25) is 0 Å². The van der Waals surface area contributed by atoms with Crippen molar-refractivity contribution in [3.8, 4) is 0 Å². The summed E-state index contributed by atoms with van der Waals surface area (Å²) in [6.07, 6.45) is 4.02. The predicted molar refractivity (Wildman–Crippen MR) is 75.4 cm³/mol. The van der Waals surface area contributed by atoms with E-state index < -0.39 is 0 Å². The number of rotatable bonds is 1. The molecule has 4 rings (SSSR count). The Balaban J connectivity index is 2.10. The van der Waals surface area contributed by atoms with Gasteiger partial charge in [-0.1, -0.05) is 11.6 Å². The van der Waals surface area contributed by atoms with Crippen molar-refractivity contribution in [2.75, 3.05) is 12.4 Å². The van der Waals surface area contributed by atoms with Crippen LogP contribution in [-0.4, -0.2) is 12.0 Å². The van der Waals surface area contributed by atoms with E-state index in [1.165, 1.54) is 47.2 Å². The molecule has 92 valence electrons. The lowest BCUT2D eigenvalue weighted by molar-refractivity contribution is 0.702. The highest BCUT2D eigenvalue weighted by molar-refractivity contribution is 5.94. The van der Waals surface area contributed by atoms with Gasteiger partial charge in [-0.25, -0.2) is 0 Å². The van der Waals surface area contributed by atoms with Crippen LogP contribution in [0, 0.1) is 6.92 Å². The third-order valence-electron chi connectivity index (χ3n) is 4.69. The average Bonchev–Trinajstić information content (AvgIpc) is 2.97. The Labute approximate surface area is 107 Å². The fraction of sp³-hybridized carbons (Fsp3) is 0.438. The van der Waals surface area contributed by atoms with Crippen molar-refractivity contribution in [3.63, 3.8) is 0 Å². The molecule has 18 heavy (non-hydrogen) atoms. The van der Waals surface area contributed by atoms with Crippen LogP contribution in [0.4, 0.5) is 5.69 Å². The van der Waals surface area contributed by atoms with Crippen LogP contribution in [0.3, 0.4) is 0 Å². The third-order valence-corrected chi connectivity index (χ3v) is 4.69. The quantitative estimate of drug-likeness (QED) is 0.813. The van der Waals surface area contributed by atoms with Gasteiger partial charge >= 0.3 is 0 Å². The average molecular weight is 238 g/mol. The normalized spacial score (nSPS) is 24.6. The van der Waals surface area contributed by atoms with E-state index >= 15 is 0 Å². The number of fused-ring (bicyclic) bond motifs is 6. The van der Waals surface area contributed by atoms with E-state index in [0.29, 0.717) is 0 Å². The Morgan fingerprint density at radius 1 is 1.22 bits per heavy atom. The highest BCUT2D eigenvalue weighted by atomic mass is 14.9. The Hall–Kier alpha value is -1.57.